The highest BCUT2D eigenvalue weighted by Crippen LogP contribution is 2.68. The standard InChI is InChI=1S/C33H38O9/c1-20-16-17-26(39-21(2)34)32(19-38-29(36)23-12-8-6-9-13-23)27(41-30(37)24-14-10-7-11-15-24)18-25-28(40-22(3)35)33(20,32)42-31(25,4)5/h6-15,20,25-28H,16-19H2,1-5H3/t20-,25-,26+,27+,28-,32+,33-/m1/s1. The SMILES string of the molecule is CC(=O)O[C@H]1CC[C@@H](C)[C@]23OC(C)(C)[C@H](C[C@H](OC(=O)c4ccccc4)[C@]12COC(=O)c1ccccc1)[C@H]3OC(C)=O. The van der Waals surface area contributed by atoms with Crippen LogP contribution in [0.1, 0.15) is 74.6 Å². The predicted molar refractivity (Wildman–Crippen MR) is 150 cm³/mol. The van der Waals surface area contributed by atoms with Crippen molar-refractivity contribution in [1.82, 2.24) is 0 Å². The molecule has 3 aliphatic rings. The number of carbonyl (C=O) groups excluding carboxylic acids is 4. The second kappa shape index (κ2) is 11.2. The Morgan fingerprint density at radius 1 is 0.786 bits per heavy atom. The molecule has 2 saturated carbocycles. The highest BCUT2D eigenvalue weighted by Gasteiger charge is 2.81. The van der Waals surface area contributed by atoms with Crippen molar-refractivity contribution in [2.45, 2.75) is 83.4 Å². The number of hydrogen-bond donors (Lipinski definition) is 0. The molecule has 9 heteroatoms. The summed E-state index contributed by atoms with van der Waals surface area (Å²) in [5.41, 5.74) is -2.82. The van der Waals surface area contributed by atoms with Crippen LogP contribution in [0.4, 0.5) is 0 Å². The first kappa shape index (κ1) is 29.8. The Hall–Kier alpha value is -3.72. The first-order valence-electron chi connectivity index (χ1n) is 14.4. The van der Waals surface area contributed by atoms with E-state index in [-0.39, 0.29) is 24.9 Å². The highest BCUT2D eigenvalue weighted by molar-refractivity contribution is 5.90. The Morgan fingerprint density at radius 2 is 1.36 bits per heavy atom. The van der Waals surface area contributed by atoms with Gasteiger partial charge >= 0.3 is 23.9 Å². The fourth-order valence-electron chi connectivity index (χ4n) is 7.64. The Balaban J connectivity index is 1.69. The minimum absolute atomic E-state index is 0.235. The Morgan fingerprint density at radius 3 is 1.93 bits per heavy atom. The van der Waals surface area contributed by atoms with Crippen LogP contribution in [0.3, 0.4) is 0 Å². The van der Waals surface area contributed by atoms with Crippen LogP contribution in [-0.2, 0) is 33.3 Å². The van der Waals surface area contributed by atoms with Gasteiger partial charge in [0.25, 0.3) is 0 Å². The lowest BCUT2D eigenvalue weighted by atomic mass is 9.48. The summed E-state index contributed by atoms with van der Waals surface area (Å²) in [5, 5.41) is 0. The molecule has 1 spiro atoms. The fourth-order valence-corrected chi connectivity index (χ4v) is 7.64. The van der Waals surface area contributed by atoms with Crippen LogP contribution in [0.2, 0.25) is 0 Å². The van der Waals surface area contributed by atoms with Crippen molar-refractivity contribution in [3.63, 3.8) is 0 Å². The number of benzene rings is 2. The van der Waals surface area contributed by atoms with Gasteiger partial charge in [-0.2, -0.15) is 0 Å². The second-order valence-electron chi connectivity index (χ2n) is 12.2. The van der Waals surface area contributed by atoms with E-state index in [0.29, 0.717) is 24.0 Å². The minimum atomic E-state index is -1.39. The molecule has 1 saturated heterocycles. The van der Waals surface area contributed by atoms with Crippen LogP contribution in [0, 0.1) is 17.3 Å². The van der Waals surface area contributed by atoms with Crippen molar-refractivity contribution < 1.29 is 42.9 Å². The van der Waals surface area contributed by atoms with Gasteiger partial charge in [0.05, 0.1) is 16.7 Å². The van der Waals surface area contributed by atoms with Gasteiger partial charge in [-0.3, -0.25) is 9.59 Å². The molecule has 2 aliphatic carbocycles. The third-order valence-electron chi connectivity index (χ3n) is 9.36. The van der Waals surface area contributed by atoms with Gasteiger partial charge in [0, 0.05) is 19.8 Å². The van der Waals surface area contributed by atoms with E-state index in [9.17, 15) is 19.2 Å². The van der Waals surface area contributed by atoms with Crippen molar-refractivity contribution >= 4 is 23.9 Å². The molecule has 1 heterocycles. The summed E-state index contributed by atoms with van der Waals surface area (Å²) in [6.45, 7) is 8.21. The number of ether oxygens (including phenoxy) is 5. The summed E-state index contributed by atoms with van der Waals surface area (Å²) in [6.07, 6.45) is -1.31. The van der Waals surface area contributed by atoms with Crippen LogP contribution in [-0.4, -0.2) is 60.0 Å². The zero-order valence-electron chi connectivity index (χ0n) is 24.7. The number of esters is 4. The summed E-state index contributed by atoms with van der Waals surface area (Å²) in [4.78, 5) is 52.0. The van der Waals surface area contributed by atoms with E-state index in [4.69, 9.17) is 23.7 Å². The first-order chi connectivity index (χ1) is 19.9. The van der Waals surface area contributed by atoms with Crippen LogP contribution < -0.4 is 0 Å². The summed E-state index contributed by atoms with van der Waals surface area (Å²) < 4.78 is 31.4. The maximum Gasteiger partial charge on any atom is 0.338 e. The van der Waals surface area contributed by atoms with E-state index >= 15 is 0 Å². The predicted octanol–water partition coefficient (Wildman–Crippen LogP) is 4.92. The van der Waals surface area contributed by atoms with Gasteiger partial charge in [-0.15, -0.1) is 0 Å². The zero-order chi connectivity index (χ0) is 30.3. The molecule has 1 aliphatic heterocycles. The highest BCUT2D eigenvalue weighted by atomic mass is 16.6. The largest absolute Gasteiger partial charge is 0.462 e. The van der Waals surface area contributed by atoms with Gasteiger partial charge in [-0.25, -0.2) is 9.59 Å². The molecule has 0 amide bonds. The monoisotopic (exact) mass is 578 g/mol. The molecule has 2 bridgehead atoms. The molecule has 3 fully saturated rings. The van der Waals surface area contributed by atoms with Gasteiger partial charge in [-0.05, 0) is 63.3 Å². The third kappa shape index (κ3) is 4.87. The Labute approximate surface area is 245 Å². The lowest BCUT2D eigenvalue weighted by Gasteiger charge is -2.62. The molecule has 224 valence electrons. The quantitative estimate of drug-likeness (QED) is 0.334. The molecule has 42 heavy (non-hydrogen) atoms. The summed E-state index contributed by atoms with van der Waals surface area (Å²) in [6, 6.07) is 17.2. The average molecular weight is 579 g/mol. The van der Waals surface area contributed by atoms with E-state index in [1.165, 1.54) is 13.8 Å². The van der Waals surface area contributed by atoms with Crippen LogP contribution >= 0.6 is 0 Å². The molecule has 9 nitrogen and oxygen atoms in total. The molecule has 0 aromatic heterocycles. The van der Waals surface area contributed by atoms with Gasteiger partial charge in [0.2, 0.25) is 0 Å². The zero-order valence-corrected chi connectivity index (χ0v) is 24.7. The van der Waals surface area contributed by atoms with E-state index < -0.39 is 58.8 Å². The smallest absolute Gasteiger partial charge is 0.338 e. The number of fused-ring (bicyclic) bond motifs is 1. The maximum atomic E-state index is 13.6. The lowest BCUT2D eigenvalue weighted by molar-refractivity contribution is -0.300. The number of hydrogen-bond acceptors (Lipinski definition) is 9. The van der Waals surface area contributed by atoms with Gasteiger partial charge in [-0.1, -0.05) is 43.3 Å². The first-order valence-corrected chi connectivity index (χ1v) is 14.4. The van der Waals surface area contributed by atoms with Crippen molar-refractivity contribution in [3.8, 4) is 0 Å². The number of carbonyl (C=O) groups is 4. The van der Waals surface area contributed by atoms with E-state index in [1.54, 1.807) is 60.7 Å². The topological polar surface area (TPSA) is 114 Å². The molecule has 2 aromatic carbocycles. The molecular formula is C33H38O9. The van der Waals surface area contributed by atoms with E-state index in [2.05, 4.69) is 0 Å². The molecule has 0 radical (unpaired) electrons. The Kier molecular flexibility index (Phi) is 7.91. The molecule has 5 rings (SSSR count). The van der Waals surface area contributed by atoms with Gasteiger partial charge < -0.3 is 23.7 Å². The van der Waals surface area contributed by atoms with E-state index in [1.807, 2.05) is 20.8 Å². The maximum absolute atomic E-state index is 13.6. The molecule has 7 atom stereocenters. The summed E-state index contributed by atoms with van der Waals surface area (Å²) in [7, 11) is 0. The van der Waals surface area contributed by atoms with E-state index in [0.717, 1.165) is 0 Å². The van der Waals surface area contributed by atoms with Crippen molar-refractivity contribution in [2.24, 2.45) is 17.3 Å². The third-order valence-corrected chi connectivity index (χ3v) is 9.36. The van der Waals surface area contributed by atoms with Crippen LogP contribution in [0.5, 0.6) is 0 Å². The fraction of sp³-hybridized carbons (Fsp3) is 0.515. The van der Waals surface area contributed by atoms with Gasteiger partial charge in [0.15, 0.2) is 0 Å². The Bertz CT molecular complexity index is 1340. The molecule has 0 N–H and O–H groups in total. The van der Waals surface area contributed by atoms with Crippen LogP contribution in [0.15, 0.2) is 60.7 Å². The second-order valence-corrected chi connectivity index (χ2v) is 12.2. The van der Waals surface area contributed by atoms with Crippen molar-refractivity contribution in [3.05, 3.63) is 71.8 Å². The number of rotatable bonds is 7. The molecular weight excluding hydrogens is 540 g/mol. The normalized spacial score (nSPS) is 32.6. The molecule has 2 aromatic rings. The van der Waals surface area contributed by atoms with Gasteiger partial charge in [0.1, 0.15) is 35.9 Å². The van der Waals surface area contributed by atoms with Crippen molar-refractivity contribution in [2.75, 3.05) is 6.61 Å². The summed E-state index contributed by atoms with van der Waals surface area (Å²) >= 11 is 0. The molecule has 0 unspecified atom stereocenters. The summed E-state index contributed by atoms with van der Waals surface area (Å²) in [5.74, 6) is -2.76. The average Bonchev–Trinajstić information content (AvgIpc) is 3.11. The lowest BCUT2D eigenvalue weighted by Crippen LogP contribution is -2.76. The minimum Gasteiger partial charge on any atom is -0.462 e. The van der Waals surface area contributed by atoms with Crippen molar-refractivity contribution in [1.29, 1.82) is 0 Å². The van der Waals surface area contributed by atoms with Crippen LogP contribution in [0.25, 0.3) is 0 Å².